The van der Waals surface area contributed by atoms with Gasteiger partial charge in [0.1, 0.15) is 6.10 Å². The average Bonchev–Trinajstić information content (AvgIpc) is 2.60. The van der Waals surface area contributed by atoms with Gasteiger partial charge in [-0.2, -0.15) is 0 Å². The van der Waals surface area contributed by atoms with Crippen LogP contribution in [0.2, 0.25) is 0 Å². The minimum Gasteiger partial charge on any atom is -0.478 e. The molecule has 0 aromatic rings. The Labute approximate surface area is 113 Å². The lowest BCUT2D eigenvalue weighted by molar-refractivity contribution is -0.142. The van der Waals surface area contributed by atoms with Crippen molar-refractivity contribution in [1.82, 2.24) is 0 Å². The SMILES string of the molecule is CC1=C[C@H]2OC(=O)[C@@H](C)[C@@H]2CCC(C(=O)O)=CCC1. The largest absolute Gasteiger partial charge is 0.478 e. The van der Waals surface area contributed by atoms with Gasteiger partial charge in [-0.3, -0.25) is 4.79 Å². The van der Waals surface area contributed by atoms with Crippen LogP contribution >= 0.6 is 0 Å². The third kappa shape index (κ3) is 3.06. The number of aliphatic carboxylic acids is 1. The van der Waals surface area contributed by atoms with Crippen molar-refractivity contribution < 1.29 is 19.4 Å². The van der Waals surface area contributed by atoms with Crippen LogP contribution in [0.1, 0.15) is 39.5 Å². The van der Waals surface area contributed by atoms with E-state index in [9.17, 15) is 9.59 Å². The number of esters is 1. The minimum absolute atomic E-state index is 0.0864. The second kappa shape index (κ2) is 5.59. The van der Waals surface area contributed by atoms with E-state index in [2.05, 4.69) is 0 Å². The molecule has 0 aromatic carbocycles. The molecule has 1 aliphatic carbocycles. The van der Waals surface area contributed by atoms with Crippen LogP contribution in [-0.4, -0.2) is 23.1 Å². The fraction of sp³-hybridized carbons (Fsp3) is 0.600. The lowest BCUT2D eigenvalue weighted by atomic mass is 9.84. The molecule has 0 saturated carbocycles. The van der Waals surface area contributed by atoms with Crippen LogP contribution in [0, 0.1) is 11.8 Å². The number of rotatable bonds is 1. The van der Waals surface area contributed by atoms with E-state index in [1.54, 1.807) is 0 Å². The Morgan fingerprint density at radius 1 is 1.42 bits per heavy atom. The van der Waals surface area contributed by atoms with Crippen LogP contribution in [0.3, 0.4) is 0 Å². The number of ether oxygens (including phenoxy) is 1. The van der Waals surface area contributed by atoms with E-state index in [-0.39, 0.29) is 23.9 Å². The summed E-state index contributed by atoms with van der Waals surface area (Å²) in [6.07, 6.45) is 6.38. The fourth-order valence-corrected chi connectivity index (χ4v) is 2.82. The second-order valence-corrected chi connectivity index (χ2v) is 5.48. The predicted molar refractivity (Wildman–Crippen MR) is 70.5 cm³/mol. The molecule has 104 valence electrons. The number of carbonyl (C=O) groups is 2. The highest BCUT2D eigenvalue weighted by Crippen LogP contribution is 2.35. The molecule has 2 aliphatic rings. The summed E-state index contributed by atoms with van der Waals surface area (Å²) in [6.45, 7) is 3.87. The van der Waals surface area contributed by atoms with E-state index in [4.69, 9.17) is 9.84 Å². The Hall–Kier alpha value is -1.58. The summed E-state index contributed by atoms with van der Waals surface area (Å²) >= 11 is 0. The molecule has 0 radical (unpaired) electrons. The number of allylic oxidation sites excluding steroid dienone is 2. The van der Waals surface area contributed by atoms with Gasteiger partial charge < -0.3 is 9.84 Å². The maximum Gasteiger partial charge on any atom is 0.331 e. The molecule has 1 saturated heterocycles. The summed E-state index contributed by atoms with van der Waals surface area (Å²) in [5.74, 6) is -1.08. The van der Waals surface area contributed by atoms with E-state index >= 15 is 0 Å². The van der Waals surface area contributed by atoms with Gasteiger partial charge in [-0.1, -0.05) is 18.6 Å². The van der Waals surface area contributed by atoms with Crippen LogP contribution < -0.4 is 0 Å². The molecule has 0 unspecified atom stereocenters. The van der Waals surface area contributed by atoms with Crippen LogP contribution in [0.25, 0.3) is 0 Å². The summed E-state index contributed by atoms with van der Waals surface area (Å²) in [7, 11) is 0. The van der Waals surface area contributed by atoms with Crippen molar-refractivity contribution in [3.05, 3.63) is 23.3 Å². The third-order valence-electron chi connectivity index (χ3n) is 4.09. The van der Waals surface area contributed by atoms with Crippen molar-refractivity contribution in [2.75, 3.05) is 0 Å². The highest BCUT2D eigenvalue weighted by molar-refractivity contribution is 5.86. The average molecular weight is 264 g/mol. The zero-order valence-corrected chi connectivity index (χ0v) is 11.4. The van der Waals surface area contributed by atoms with E-state index in [0.717, 1.165) is 18.4 Å². The zero-order valence-electron chi connectivity index (χ0n) is 11.4. The first-order chi connectivity index (χ1) is 8.99. The lowest BCUT2D eigenvalue weighted by Gasteiger charge is -2.19. The molecule has 19 heavy (non-hydrogen) atoms. The van der Waals surface area contributed by atoms with Gasteiger partial charge in [0.15, 0.2) is 0 Å². The predicted octanol–water partition coefficient (Wildman–Crippen LogP) is 2.70. The molecule has 1 aliphatic heterocycles. The first kappa shape index (κ1) is 13.8. The molecular weight excluding hydrogens is 244 g/mol. The smallest absolute Gasteiger partial charge is 0.331 e. The van der Waals surface area contributed by atoms with Gasteiger partial charge >= 0.3 is 11.9 Å². The maximum absolute atomic E-state index is 11.7. The van der Waals surface area contributed by atoms with Crippen molar-refractivity contribution in [2.24, 2.45) is 11.8 Å². The Morgan fingerprint density at radius 2 is 2.16 bits per heavy atom. The third-order valence-corrected chi connectivity index (χ3v) is 4.09. The van der Waals surface area contributed by atoms with E-state index in [1.807, 2.05) is 26.0 Å². The van der Waals surface area contributed by atoms with Crippen LogP contribution in [0.4, 0.5) is 0 Å². The van der Waals surface area contributed by atoms with Crippen LogP contribution in [-0.2, 0) is 14.3 Å². The number of hydrogen-bond acceptors (Lipinski definition) is 3. The van der Waals surface area contributed by atoms with E-state index in [1.165, 1.54) is 0 Å². The normalized spacial score (nSPS) is 31.9. The second-order valence-electron chi connectivity index (χ2n) is 5.48. The zero-order chi connectivity index (χ0) is 14.0. The molecule has 0 amide bonds. The summed E-state index contributed by atoms with van der Waals surface area (Å²) in [5.41, 5.74) is 1.61. The first-order valence-corrected chi connectivity index (χ1v) is 6.79. The first-order valence-electron chi connectivity index (χ1n) is 6.79. The molecule has 2 rings (SSSR count). The highest BCUT2D eigenvalue weighted by Gasteiger charge is 2.40. The molecule has 0 bridgehead atoms. The number of hydrogen-bond donors (Lipinski definition) is 1. The minimum atomic E-state index is -0.850. The van der Waals surface area contributed by atoms with E-state index < -0.39 is 5.97 Å². The van der Waals surface area contributed by atoms with E-state index in [0.29, 0.717) is 18.4 Å². The molecule has 1 heterocycles. The maximum atomic E-state index is 11.7. The molecule has 1 fully saturated rings. The molecule has 4 heteroatoms. The molecule has 0 spiro atoms. The Bertz CT molecular complexity index is 447. The van der Waals surface area contributed by atoms with Gasteiger partial charge in [0.2, 0.25) is 0 Å². The van der Waals surface area contributed by atoms with Crippen molar-refractivity contribution in [3.63, 3.8) is 0 Å². The monoisotopic (exact) mass is 264 g/mol. The highest BCUT2D eigenvalue weighted by atomic mass is 16.6. The number of carboxylic acids is 1. The summed E-state index contributed by atoms with van der Waals surface area (Å²) < 4.78 is 5.39. The van der Waals surface area contributed by atoms with Gasteiger partial charge in [0.25, 0.3) is 0 Å². The Balaban J connectivity index is 2.23. The summed E-state index contributed by atoms with van der Waals surface area (Å²) in [5, 5.41) is 9.16. The molecule has 0 aromatic heterocycles. The Kier molecular flexibility index (Phi) is 4.08. The van der Waals surface area contributed by atoms with Gasteiger partial charge in [-0.15, -0.1) is 0 Å². The van der Waals surface area contributed by atoms with Crippen molar-refractivity contribution in [3.8, 4) is 0 Å². The topological polar surface area (TPSA) is 63.6 Å². The fourth-order valence-electron chi connectivity index (χ4n) is 2.82. The molecule has 4 nitrogen and oxygen atoms in total. The van der Waals surface area contributed by atoms with Gasteiger partial charge in [0.05, 0.1) is 5.92 Å². The molecule has 1 N–H and O–H groups in total. The summed E-state index contributed by atoms with van der Waals surface area (Å²) in [4.78, 5) is 22.8. The summed E-state index contributed by atoms with van der Waals surface area (Å²) in [6, 6.07) is 0. The van der Waals surface area contributed by atoms with Crippen molar-refractivity contribution in [1.29, 1.82) is 0 Å². The number of carboxylic acid groups (broad SMARTS) is 1. The molecular formula is C15H20O4. The van der Waals surface area contributed by atoms with Crippen molar-refractivity contribution in [2.45, 2.75) is 45.6 Å². The quantitative estimate of drug-likeness (QED) is 0.584. The van der Waals surface area contributed by atoms with Gasteiger partial charge in [-0.05, 0) is 38.7 Å². The van der Waals surface area contributed by atoms with Crippen molar-refractivity contribution >= 4 is 11.9 Å². The standard InChI is InChI=1S/C15H20O4/c1-9-4-3-5-11(14(16)17)6-7-12-10(2)15(18)19-13(12)8-9/h5,8,10,12-13H,3-4,6-7H2,1-2H3,(H,16,17)/t10-,12-,13+/m0/s1. The van der Waals surface area contributed by atoms with Crippen LogP contribution in [0.15, 0.2) is 23.3 Å². The molecule has 3 atom stereocenters. The lowest BCUT2D eigenvalue weighted by Crippen LogP contribution is -2.19. The van der Waals surface area contributed by atoms with Gasteiger partial charge in [-0.25, -0.2) is 4.79 Å². The van der Waals surface area contributed by atoms with Gasteiger partial charge in [0, 0.05) is 11.5 Å². The van der Waals surface area contributed by atoms with Crippen LogP contribution in [0.5, 0.6) is 0 Å². The number of carbonyl (C=O) groups excluding carboxylic acids is 1. The Morgan fingerprint density at radius 3 is 2.84 bits per heavy atom. The number of fused-ring (bicyclic) bond motifs is 1.